The quantitative estimate of drug-likeness (QED) is 0.639. The standard InChI is InChI=1S/C19H26N2O3/c1-6-7-8-14(19(3,4)5)13-11-21(18(24)12(13)2)15-9-10-16(22)20-17(15)23/h6-8,15H,9-11H2,1-5H3,(H,20,22,23)/b7-6-,14-8+. The molecule has 0 bridgehead atoms. The van der Waals surface area contributed by atoms with Gasteiger partial charge in [0.15, 0.2) is 0 Å². The second-order valence-corrected chi connectivity index (χ2v) is 7.36. The van der Waals surface area contributed by atoms with Crippen LogP contribution in [0.25, 0.3) is 0 Å². The molecule has 1 N–H and O–H groups in total. The van der Waals surface area contributed by atoms with Crippen LogP contribution in [0, 0.1) is 5.41 Å². The molecule has 0 spiro atoms. The van der Waals surface area contributed by atoms with Gasteiger partial charge in [-0.25, -0.2) is 0 Å². The number of allylic oxidation sites excluding steroid dienone is 3. The smallest absolute Gasteiger partial charge is 0.250 e. The zero-order valence-electron chi connectivity index (χ0n) is 15.1. The first kappa shape index (κ1) is 18.2. The number of carbonyl (C=O) groups is 3. The van der Waals surface area contributed by atoms with Crippen molar-refractivity contribution < 1.29 is 14.4 Å². The molecule has 2 heterocycles. The van der Waals surface area contributed by atoms with Crippen LogP contribution in [0.1, 0.15) is 47.5 Å². The third kappa shape index (κ3) is 3.50. The van der Waals surface area contributed by atoms with Crippen molar-refractivity contribution in [2.45, 2.75) is 53.5 Å². The van der Waals surface area contributed by atoms with E-state index in [0.717, 1.165) is 11.1 Å². The molecule has 5 heteroatoms. The molecule has 0 aromatic heterocycles. The van der Waals surface area contributed by atoms with Crippen molar-refractivity contribution >= 4 is 17.7 Å². The van der Waals surface area contributed by atoms with Crippen LogP contribution in [0.2, 0.25) is 0 Å². The molecule has 1 atom stereocenters. The molecule has 2 aliphatic rings. The molecule has 0 saturated carbocycles. The maximum atomic E-state index is 12.7. The van der Waals surface area contributed by atoms with Crippen LogP contribution in [-0.4, -0.2) is 35.2 Å². The molecule has 24 heavy (non-hydrogen) atoms. The zero-order valence-corrected chi connectivity index (χ0v) is 15.1. The van der Waals surface area contributed by atoms with E-state index in [1.165, 1.54) is 0 Å². The van der Waals surface area contributed by atoms with Crippen LogP contribution in [-0.2, 0) is 14.4 Å². The second-order valence-electron chi connectivity index (χ2n) is 7.36. The molecule has 1 fully saturated rings. The van der Waals surface area contributed by atoms with Crippen LogP contribution >= 0.6 is 0 Å². The highest BCUT2D eigenvalue weighted by Gasteiger charge is 2.40. The van der Waals surface area contributed by atoms with Crippen LogP contribution in [0.5, 0.6) is 0 Å². The second kappa shape index (κ2) is 6.75. The molecule has 0 aromatic rings. The van der Waals surface area contributed by atoms with Gasteiger partial charge in [0.25, 0.3) is 5.91 Å². The fourth-order valence-electron chi connectivity index (χ4n) is 3.22. The van der Waals surface area contributed by atoms with Gasteiger partial charge in [-0.05, 0) is 36.8 Å². The molecule has 0 aromatic carbocycles. The number of nitrogens with one attached hydrogen (secondary N) is 1. The van der Waals surface area contributed by atoms with Gasteiger partial charge in [-0.15, -0.1) is 0 Å². The van der Waals surface area contributed by atoms with Crippen LogP contribution in [0.3, 0.4) is 0 Å². The number of hydrogen-bond acceptors (Lipinski definition) is 3. The molecular weight excluding hydrogens is 304 g/mol. The first-order valence-corrected chi connectivity index (χ1v) is 8.35. The van der Waals surface area contributed by atoms with Gasteiger partial charge < -0.3 is 4.90 Å². The summed E-state index contributed by atoms with van der Waals surface area (Å²) in [7, 11) is 0. The minimum absolute atomic E-state index is 0.114. The summed E-state index contributed by atoms with van der Waals surface area (Å²) in [6.45, 7) is 10.5. The number of carbonyl (C=O) groups excluding carboxylic acids is 3. The van der Waals surface area contributed by atoms with E-state index in [9.17, 15) is 14.4 Å². The monoisotopic (exact) mass is 330 g/mol. The Hall–Kier alpha value is -2.17. The van der Waals surface area contributed by atoms with Gasteiger partial charge >= 0.3 is 0 Å². The lowest BCUT2D eigenvalue weighted by Gasteiger charge is -2.31. The topological polar surface area (TPSA) is 66.5 Å². The molecule has 1 saturated heterocycles. The van der Waals surface area contributed by atoms with Gasteiger partial charge in [0.1, 0.15) is 6.04 Å². The molecule has 2 aliphatic heterocycles. The average molecular weight is 330 g/mol. The first-order chi connectivity index (χ1) is 11.2. The van der Waals surface area contributed by atoms with Gasteiger partial charge in [0.2, 0.25) is 11.8 Å². The molecular formula is C19H26N2O3. The lowest BCUT2D eigenvalue weighted by molar-refractivity contribution is -0.142. The van der Waals surface area contributed by atoms with Crippen molar-refractivity contribution in [3.05, 3.63) is 34.9 Å². The summed E-state index contributed by atoms with van der Waals surface area (Å²) < 4.78 is 0. The van der Waals surface area contributed by atoms with Gasteiger partial charge in [-0.3, -0.25) is 19.7 Å². The predicted octanol–water partition coefficient (Wildman–Crippen LogP) is 2.50. The Morgan fingerprint density at radius 3 is 2.46 bits per heavy atom. The summed E-state index contributed by atoms with van der Waals surface area (Å²) in [5.74, 6) is -0.755. The van der Waals surface area contributed by atoms with E-state index in [1.807, 2.05) is 32.1 Å². The zero-order chi connectivity index (χ0) is 18.1. The fraction of sp³-hybridized carbons (Fsp3) is 0.526. The Morgan fingerprint density at radius 1 is 1.25 bits per heavy atom. The Morgan fingerprint density at radius 2 is 1.92 bits per heavy atom. The summed E-state index contributed by atoms with van der Waals surface area (Å²) >= 11 is 0. The largest absolute Gasteiger partial charge is 0.323 e. The number of imide groups is 1. The highest BCUT2D eigenvalue weighted by atomic mass is 16.2. The van der Waals surface area contributed by atoms with Crippen molar-refractivity contribution in [1.82, 2.24) is 10.2 Å². The Balaban J connectivity index is 2.32. The predicted molar refractivity (Wildman–Crippen MR) is 92.9 cm³/mol. The van der Waals surface area contributed by atoms with Crippen molar-refractivity contribution in [3.63, 3.8) is 0 Å². The summed E-state index contributed by atoms with van der Waals surface area (Å²) in [6.07, 6.45) is 6.63. The van der Waals surface area contributed by atoms with Crippen molar-refractivity contribution in [2.75, 3.05) is 6.54 Å². The minimum atomic E-state index is -0.564. The summed E-state index contributed by atoms with van der Waals surface area (Å²) in [5, 5.41) is 2.33. The summed E-state index contributed by atoms with van der Waals surface area (Å²) in [4.78, 5) is 37.8. The highest BCUT2D eigenvalue weighted by molar-refractivity contribution is 6.05. The SMILES string of the molecule is C/C=C\C=C(/C1=C(C)C(=O)N(C2CCC(=O)NC2=O)C1)C(C)(C)C. The van der Waals surface area contributed by atoms with E-state index in [0.29, 0.717) is 18.5 Å². The Kier molecular flexibility index (Phi) is 5.11. The maximum Gasteiger partial charge on any atom is 0.250 e. The van der Waals surface area contributed by atoms with Crippen molar-refractivity contribution in [2.24, 2.45) is 5.41 Å². The Labute approximate surface area is 143 Å². The van der Waals surface area contributed by atoms with Crippen LogP contribution < -0.4 is 5.32 Å². The first-order valence-electron chi connectivity index (χ1n) is 8.35. The number of amides is 3. The van der Waals surface area contributed by atoms with E-state index in [-0.39, 0.29) is 29.6 Å². The van der Waals surface area contributed by atoms with E-state index < -0.39 is 6.04 Å². The van der Waals surface area contributed by atoms with Crippen LogP contribution in [0.4, 0.5) is 0 Å². The van der Waals surface area contributed by atoms with Crippen LogP contribution in [0.15, 0.2) is 34.9 Å². The van der Waals surface area contributed by atoms with E-state index >= 15 is 0 Å². The molecule has 130 valence electrons. The Bertz CT molecular complexity index is 663. The molecule has 1 unspecified atom stereocenters. The summed E-state index contributed by atoms with van der Waals surface area (Å²) in [5.41, 5.74) is 2.65. The molecule has 0 radical (unpaired) electrons. The normalized spacial score (nSPS) is 23.5. The van der Waals surface area contributed by atoms with Gasteiger partial charge in [0, 0.05) is 18.5 Å². The number of piperidine rings is 1. The number of nitrogens with zero attached hydrogens (tertiary/aromatic N) is 1. The third-order valence-electron chi connectivity index (χ3n) is 4.54. The maximum absolute atomic E-state index is 12.7. The highest BCUT2D eigenvalue weighted by Crippen LogP contribution is 2.37. The van der Waals surface area contributed by atoms with Crippen molar-refractivity contribution in [3.8, 4) is 0 Å². The van der Waals surface area contributed by atoms with E-state index in [1.54, 1.807) is 4.90 Å². The minimum Gasteiger partial charge on any atom is -0.323 e. The van der Waals surface area contributed by atoms with Gasteiger partial charge in [0.05, 0.1) is 0 Å². The van der Waals surface area contributed by atoms with Crippen molar-refractivity contribution in [1.29, 1.82) is 0 Å². The van der Waals surface area contributed by atoms with Gasteiger partial charge in [-0.1, -0.05) is 39.0 Å². The number of hydrogen-bond donors (Lipinski definition) is 1. The molecule has 3 amide bonds. The van der Waals surface area contributed by atoms with E-state index in [2.05, 4.69) is 26.1 Å². The molecule has 5 nitrogen and oxygen atoms in total. The molecule has 2 rings (SSSR count). The van der Waals surface area contributed by atoms with E-state index in [4.69, 9.17) is 0 Å². The summed E-state index contributed by atoms with van der Waals surface area (Å²) in [6, 6.07) is -0.564. The molecule has 0 aliphatic carbocycles. The van der Waals surface area contributed by atoms with Gasteiger partial charge in [-0.2, -0.15) is 0 Å². The lowest BCUT2D eigenvalue weighted by Crippen LogP contribution is -2.53. The average Bonchev–Trinajstić information content (AvgIpc) is 2.75. The number of rotatable bonds is 3. The third-order valence-corrected chi connectivity index (χ3v) is 4.54. The fourth-order valence-corrected chi connectivity index (χ4v) is 3.22. The lowest BCUT2D eigenvalue weighted by atomic mass is 9.80.